The van der Waals surface area contributed by atoms with Crippen LogP contribution in [0.1, 0.15) is 41.9 Å². The lowest BCUT2D eigenvalue weighted by atomic mass is 9.98. The van der Waals surface area contributed by atoms with E-state index in [0.717, 1.165) is 35.5 Å². The summed E-state index contributed by atoms with van der Waals surface area (Å²) in [6, 6.07) is 0. The Morgan fingerprint density at radius 1 is 1.11 bits per heavy atom. The number of fused-ring (bicyclic) bond motifs is 1. The summed E-state index contributed by atoms with van der Waals surface area (Å²) in [5.74, 6) is 2.86. The molecule has 5 nitrogen and oxygen atoms in total. The van der Waals surface area contributed by atoms with Crippen molar-refractivity contribution in [2.24, 2.45) is 5.92 Å². The Morgan fingerprint density at radius 3 is 2.63 bits per heavy atom. The van der Waals surface area contributed by atoms with Crippen LogP contribution in [-0.2, 0) is 6.54 Å². The van der Waals surface area contributed by atoms with Crippen LogP contribution in [-0.4, -0.2) is 66.6 Å². The first-order valence-corrected chi connectivity index (χ1v) is 11.2. The Hall–Kier alpha value is -1.24. The van der Waals surface area contributed by atoms with Crippen molar-refractivity contribution in [3.8, 4) is 0 Å². The minimum Gasteiger partial charge on any atom is -0.359 e. The van der Waals surface area contributed by atoms with Gasteiger partial charge < -0.3 is 9.80 Å². The fraction of sp³-hybridized carbons (Fsp3) is 0.714. The zero-order chi connectivity index (χ0) is 19.0. The van der Waals surface area contributed by atoms with Crippen LogP contribution in [0.3, 0.4) is 0 Å². The highest BCUT2D eigenvalue weighted by atomic mass is 32.1. The molecule has 2 aliphatic rings. The van der Waals surface area contributed by atoms with Gasteiger partial charge in [0.2, 0.25) is 0 Å². The molecule has 6 heteroatoms. The number of hydrogen-bond acceptors (Lipinski definition) is 6. The molecule has 0 radical (unpaired) electrons. The van der Waals surface area contributed by atoms with Gasteiger partial charge in [-0.15, -0.1) is 11.3 Å². The fourth-order valence-corrected chi connectivity index (χ4v) is 5.70. The van der Waals surface area contributed by atoms with Crippen molar-refractivity contribution in [3.05, 3.63) is 16.3 Å². The first-order chi connectivity index (χ1) is 13.0. The van der Waals surface area contributed by atoms with Crippen LogP contribution >= 0.6 is 11.3 Å². The van der Waals surface area contributed by atoms with Gasteiger partial charge in [-0.05, 0) is 77.7 Å². The molecule has 0 bridgehead atoms. The molecule has 2 aromatic rings. The van der Waals surface area contributed by atoms with Crippen LogP contribution in [0.2, 0.25) is 0 Å². The van der Waals surface area contributed by atoms with Gasteiger partial charge in [-0.2, -0.15) is 0 Å². The highest BCUT2D eigenvalue weighted by Gasteiger charge is 2.23. The largest absolute Gasteiger partial charge is 0.359 e. The van der Waals surface area contributed by atoms with E-state index in [1.54, 1.807) is 0 Å². The lowest BCUT2D eigenvalue weighted by Gasteiger charge is -2.33. The van der Waals surface area contributed by atoms with Crippen molar-refractivity contribution in [2.45, 2.75) is 46.1 Å². The summed E-state index contributed by atoms with van der Waals surface area (Å²) >= 11 is 1.82. The van der Waals surface area contributed by atoms with E-state index >= 15 is 0 Å². The maximum absolute atomic E-state index is 5.09. The summed E-state index contributed by atoms with van der Waals surface area (Å²) in [7, 11) is 4.47. The van der Waals surface area contributed by atoms with Crippen LogP contribution in [0.4, 0.5) is 5.82 Å². The molecule has 2 aliphatic heterocycles. The second-order valence-corrected chi connectivity index (χ2v) is 9.76. The van der Waals surface area contributed by atoms with E-state index < -0.39 is 0 Å². The number of aromatic nitrogens is 2. The molecule has 1 unspecified atom stereocenters. The Bertz CT molecular complexity index is 795. The summed E-state index contributed by atoms with van der Waals surface area (Å²) in [4.78, 5) is 19.9. The van der Waals surface area contributed by atoms with Gasteiger partial charge in [0.05, 0.1) is 11.9 Å². The Balaban J connectivity index is 1.63. The number of aryl methyl sites for hydroxylation is 2. The van der Waals surface area contributed by atoms with Crippen molar-refractivity contribution in [1.82, 2.24) is 19.8 Å². The van der Waals surface area contributed by atoms with Crippen LogP contribution in [0.5, 0.6) is 0 Å². The lowest BCUT2D eigenvalue weighted by Crippen LogP contribution is -2.38. The first-order valence-electron chi connectivity index (χ1n) is 10.4. The predicted molar refractivity (Wildman–Crippen MR) is 115 cm³/mol. The number of nitrogens with zero attached hydrogens (tertiary/aromatic N) is 5. The number of likely N-dealkylation sites (tertiary alicyclic amines) is 2. The van der Waals surface area contributed by atoms with E-state index in [1.165, 1.54) is 67.7 Å². The van der Waals surface area contributed by atoms with Crippen LogP contribution in [0.25, 0.3) is 10.2 Å². The third-order valence-corrected chi connectivity index (χ3v) is 7.34. The summed E-state index contributed by atoms with van der Waals surface area (Å²) in [5, 5.41) is 1.27. The zero-order valence-electron chi connectivity index (χ0n) is 17.3. The molecule has 0 aromatic carbocycles. The maximum Gasteiger partial charge on any atom is 0.146 e. The average Bonchev–Trinajstić information content (AvgIpc) is 3.23. The quantitative estimate of drug-likeness (QED) is 0.782. The molecule has 27 heavy (non-hydrogen) atoms. The second-order valence-electron chi connectivity index (χ2n) is 8.56. The molecule has 1 atom stereocenters. The monoisotopic (exact) mass is 387 g/mol. The first kappa shape index (κ1) is 19.1. The van der Waals surface area contributed by atoms with Crippen LogP contribution < -0.4 is 4.90 Å². The molecule has 0 spiro atoms. The van der Waals surface area contributed by atoms with Crippen LogP contribution in [0, 0.1) is 19.8 Å². The Kier molecular flexibility index (Phi) is 5.67. The number of piperidine rings is 1. The van der Waals surface area contributed by atoms with E-state index in [4.69, 9.17) is 9.97 Å². The second kappa shape index (κ2) is 8.02. The molecule has 148 valence electrons. The van der Waals surface area contributed by atoms with Gasteiger partial charge in [0.1, 0.15) is 16.5 Å². The smallest absolute Gasteiger partial charge is 0.146 e. The van der Waals surface area contributed by atoms with Crippen molar-refractivity contribution in [1.29, 1.82) is 0 Å². The van der Waals surface area contributed by atoms with Crippen LogP contribution in [0.15, 0.2) is 0 Å². The van der Waals surface area contributed by atoms with E-state index in [-0.39, 0.29) is 0 Å². The Morgan fingerprint density at radius 2 is 1.89 bits per heavy atom. The molecule has 2 fully saturated rings. The van der Waals surface area contributed by atoms with E-state index in [0.29, 0.717) is 0 Å². The van der Waals surface area contributed by atoms with Gasteiger partial charge in [-0.3, -0.25) is 4.90 Å². The van der Waals surface area contributed by atoms with Crippen molar-refractivity contribution in [3.63, 3.8) is 0 Å². The average molecular weight is 388 g/mol. The van der Waals surface area contributed by atoms with Gasteiger partial charge in [-0.1, -0.05) is 0 Å². The van der Waals surface area contributed by atoms with Crippen molar-refractivity contribution in [2.75, 3.05) is 51.7 Å². The molecular weight excluding hydrogens is 354 g/mol. The summed E-state index contributed by atoms with van der Waals surface area (Å²) in [5.41, 5.74) is 1.35. The van der Waals surface area contributed by atoms with Crippen molar-refractivity contribution >= 4 is 27.4 Å². The normalized spacial score (nSPS) is 22.0. The standard InChI is InChI=1S/C21H33N5S/c1-15-16(2)27-21-19(15)20(22-18(23-21)14-26-10-5-6-11-26)25(4)13-17-8-7-9-24(3)12-17/h17H,5-14H2,1-4H3. The number of rotatable bonds is 5. The van der Waals surface area contributed by atoms with Crippen molar-refractivity contribution < 1.29 is 0 Å². The van der Waals surface area contributed by atoms with Gasteiger partial charge >= 0.3 is 0 Å². The SMILES string of the molecule is Cc1sc2nc(CN3CCCC3)nc(N(C)CC3CCCN(C)C3)c2c1C. The fourth-order valence-electron chi connectivity index (χ4n) is 4.66. The van der Waals surface area contributed by atoms with Gasteiger partial charge in [0.15, 0.2) is 0 Å². The molecule has 4 heterocycles. The zero-order valence-corrected chi connectivity index (χ0v) is 18.1. The minimum absolute atomic E-state index is 0.723. The topological polar surface area (TPSA) is 35.5 Å². The molecule has 0 aliphatic carbocycles. The summed E-state index contributed by atoms with van der Waals surface area (Å²) < 4.78 is 0. The minimum atomic E-state index is 0.723. The lowest BCUT2D eigenvalue weighted by molar-refractivity contribution is 0.213. The van der Waals surface area contributed by atoms with E-state index in [2.05, 4.69) is 42.6 Å². The predicted octanol–water partition coefficient (Wildman–Crippen LogP) is 3.68. The third-order valence-electron chi connectivity index (χ3n) is 6.24. The van der Waals surface area contributed by atoms with Gasteiger partial charge in [0, 0.05) is 25.0 Å². The number of anilines is 1. The highest BCUT2D eigenvalue weighted by Crippen LogP contribution is 2.35. The Labute approximate surface area is 167 Å². The molecule has 2 saturated heterocycles. The van der Waals surface area contributed by atoms with E-state index in [1.807, 2.05) is 11.3 Å². The molecule has 0 N–H and O–H groups in total. The van der Waals surface area contributed by atoms with Gasteiger partial charge in [0.25, 0.3) is 0 Å². The molecular formula is C21H33N5S. The maximum atomic E-state index is 5.09. The highest BCUT2D eigenvalue weighted by molar-refractivity contribution is 7.18. The summed E-state index contributed by atoms with van der Waals surface area (Å²) in [6.07, 6.45) is 5.25. The molecule has 4 rings (SSSR count). The van der Waals surface area contributed by atoms with E-state index in [9.17, 15) is 0 Å². The number of thiophene rings is 1. The molecule has 0 amide bonds. The number of hydrogen-bond donors (Lipinski definition) is 0. The molecule has 2 aromatic heterocycles. The van der Waals surface area contributed by atoms with Gasteiger partial charge in [-0.25, -0.2) is 9.97 Å². The molecule has 0 saturated carbocycles. The third kappa shape index (κ3) is 4.13. The summed E-state index contributed by atoms with van der Waals surface area (Å²) in [6.45, 7) is 11.2.